The molecule has 7 nitrogen and oxygen atoms in total. The SMILES string of the molecule is NCC1(N)COC1.O=C(O)C(=O)O. The average Bonchev–Trinajstić information content (AvgIpc) is 2.01. The number of ether oxygens (including phenoxy) is 1. The van der Waals surface area contributed by atoms with Crippen LogP contribution in [0.2, 0.25) is 0 Å². The van der Waals surface area contributed by atoms with Crippen LogP contribution < -0.4 is 11.5 Å². The Kier molecular flexibility index (Phi) is 4.32. The maximum atomic E-state index is 9.10. The molecule has 1 fully saturated rings. The lowest BCUT2D eigenvalue weighted by Crippen LogP contribution is -2.62. The van der Waals surface area contributed by atoms with Gasteiger partial charge in [-0.2, -0.15) is 0 Å². The summed E-state index contributed by atoms with van der Waals surface area (Å²) in [6.45, 7) is 1.79. The quantitative estimate of drug-likeness (QED) is 0.347. The summed E-state index contributed by atoms with van der Waals surface area (Å²) >= 11 is 0. The second-order valence-corrected chi connectivity index (χ2v) is 2.67. The second kappa shape index (κ2) is 4.75. The fraction of sp³-hybridized carbons (Fsp3) is 0.667. The van der Waals surface area contributed by atoms with E-state index in [0.29, 0.717) is 19.8 Å². The average molecular weight is 192 g/mol. The minimum Gasteiger partial charge on any atom is -0.473 e. The Balaban J connectivity index is 0.000000226. The largest absolute Gasteiger partial charge is 0.473 e. The van der Waals surface area contributed by atoms with E-state index in [4.69, 9.17) is 36.0 Å². The lowest BCUT2D eigenvalue weighted by molar-refractivity contribution is -0.159. The van der Waals surface area contributed by atoms with Gasteiger partial charge in [0, 0.05) is 6.54 Å². The number of hydrogen-bond donors (Lipinski definition) is 4. The Morgan fingerprint density at radius 1 is 1.31 bits per heavy atom. The number of carboxylic acid groups (broad SMARTS) is 2. The van der Waals surface area contributed by atoms with Crippen molar-refractivity contribution in [1.82, 2.24) is 0 Å². The van der Waals surface area contributed by atoms with Crippen LogP contribution in [0, 0.1) is 0 Å². The molecule has 6 N–H and O–H groups in total. The molecule has 7 heteroatoms. The molecule has 0 aliphatic carbocycles. The van der Waals surface area contributed by atoms with Gasteiger partial charge in [0.1, 0.15) is 0 Å². The number of carbonyl (C=O) groups is 2. The van der Waals surface area contributed by atoms with Crippen LogP contribution in [0.3, 0.4) is 0 Å². The molecule has 0 bridgehead atoms. The van der Waals surface area contributed by atoms with Crippen molar-refractivity contribution in [2.24, 2.45) is 11.5 Å². The van der Waals surface area contributed by atoms with E-state index in [9.17, 15) is 0 Å². The van der Waals surface area contributed by atoms with Crippen LogP contribution in [0.1, 0.15) is 0 Å². The van der Waals surface area contributed by atoms with Crippen molar-refractivity contribution in [2.45, 2.75) is 5.54 Å². The molecule has 0 radical (unpaired) electrons. The molecule has 0 amide bonds. The first-order valence-corrected chi connectivity index (χ1v) is 3.44. The fourth-order valence-corrected chi connectivity index (χ4v) is 0.482. The summed E-state index contributed by atoms with van der Waals surface area (Å²) < 4.78 is 4.82. The van der Waals surface area contributed by atoms with Crippen molar-refractivity contribution in [1.29, 1.82) is 0 Å². The molecule has 1 aliphatic heterocycles. The Bertz CT molecular complexity index is 184. The summed E-state index contributed by atoms with van der Waals surface area (Å²) in [5, 5.41) is 14.8. The normalized spacial score (nSPS) is 17.7. The van der Waals surface area contributed by atoms with E-state index in [1.165, 1.54) is 0 Å². The van der Waals surface area contributed by atoms with Crippen molar-refractivity contribution >= 4 is 11.9 Å². The van der Waals surface area contributed by atoms with Gasteiger partial charge in [0.25, 0.3) is 0 Å². The van der Waals surface area contributed by atoms with E-state index >= 15 is 0 Å². The first-order valence-electron chi connectivity index (χ1n) is 3.44. The minimum atomic E-state index is -1.82. The lowest BCUT2D eigenvalue weighted by Gasteiger charge is -2.36. The van der Waals surface area contributed by atoms with E-state index in [0.717, 1.165) is 0 Å². The number of aliphatic carboxylic acids is 2. The van der Waals surface area contributed by atoms with Gasteiger partial charge in [0.2, 0.25) is 0 Å². The third-order valence-corrected chi connectivity index (χ3v) is 1.37. The van der Waals surface area contributed by atoms with Crippen molar-refractivity contribution in [3.63, 3.8) is 0 Å². The summed E-state index contributed by atoms with van der Waals surface area (Å²) in [5.74, 6) is -3.65. The molecule has 0 spiro atoms. The Morgan fingerprint density at radius 3 is 1.69 bits per heavy atom. The Hall–Kier alpha value is -1.18. The summed E-state index contributed by atoms with van der Waals surface area (Å²) in [7, 11) is 0. The molecule has 1 rings (SSSR count). The topological polar surface area (TPSA) is 136 Å². The molecule has 13 heavy (non-hydrogen) atoms. The van der Waals surface area contributed by atoms with Crippen LogP contribution in [-0.2, 0) is 14.3 Å². The van der Waals surface area contributed by atoms with Gasteiger partial charge in [0.15, 0.2) is 0 Å². The smallest absolute Gasteiger partial charge is 0.414 e. The summed E-state index contributed by atoms with van der Waals surface area (Å²) in [4.78, 5) is 18.2. The van der Waals surface area contributed by atoms with Gasteiger partial charge in [0.05, 0.1) is 18.8 Å². The maximum Gasteiger partial charge on any atom is 0.414 e. The molecule has 1 aliphatic rings. The molecule has 0 aromatic rings. The minimum absolute atomic E-state index is 0.181. The van der Waals surface area contributed by atoms with Gasteiger partial charge in [-0.1, -0.05) is 0 Å². The van der Waals surface area contributed by atoms with E-state index in [-0.39, 0.29) is 5.54 Å². The molecule has 0 unspecified atom stereocenters. The Morgan fingerprint density at radius 2 is 1.69 bits per heavy atom. The zero-order valence-corrected chi connectivity index (χ0v) is 6.90. The van der Waals surface area contributed by atoms with Crippen molar-refractivity contribution in [3.05, 3.63) is 0 Å². The highest BCUT2D eigenvalue weighted by atomic mass is 16.5. The number of carboxylic acids is 2. The summed E-state index contributed by atoms with van der Waals surface area (Å²) in [5.41, 5.74) is 10.6. The van der Waals surface area contributed by atoms with Crippen molar-refractivity contribution < 1.29 is 24.5 Å². The van der Waals surface area contributed by atoms with Crippen LogP contribution in [0.5, 0.6) is 0 Å². The van der Waals surface area contributed by atoms with Crippen LogP contribution in [0.15, 0.2) is 0 Å². The molecule has 1 heterocycles. The first-order chi connectivity index (χ1) is 5.91. The van der Waals surface area contributed by atoms with Crippen LogP contribution in [0.25, 0.3) is 0 Å². The van der Waals surface area contributed by atoms with E-state index < -0.39 is 11.9 Å². The second-order valence-electron chi connectivity index (χ2n) is 2.67. The molecule has 0 aromatic heterocycles. The van der Waals surface area contributed by atoms with Crippen LogP contribution in [0.4, 0.5) is 0 Å². The third-order valence-electron chi connectivity index (χ3n) is 1.37. The molecular formula is C6H12N2O5. The van der Waals surface area contributed by atoms with Crippen LogP contribution >= 0.6 is 0 Å². The van der Waals surface area contributed by atoms with Crippen molar-refractivity contribution in [3.8, 4) is 0 Å². The summed E-state index contributed by atoms with van der Waals surface area (Å²) in [6, 6.07) is 0. The van der Waals surface area contributed by atoms with E-state index in [1.54, 1.807) is 0 Å². The molecule has 0 atom stereocenters. The molecule has 1 saturated heterocycles. The number of hydrogen-bond acceptors (Lipinski definition) is 5. The van der Waals surface area contributed by atoms with Gasteiger partial charge in [-0.25, -0.2) is 9.59 Å². The highest BCUT2D eigenvalue weighted by molar-refractivity contribution is 6.27. The summed E-state index contributed by atoms with van der Waals surface area (Å²) in [6.07, 6.45) is 0. The van der Waals surface area contributed by atoms with Crippen molar-refractivity contribution in [2.75, 3.05) is 19.8 Å². The van der Waals surface area contributed by atoms with Gasteiger partial charge < -0.3 is 26.4 Å². The first kappa shape index (κ1) is 11.8. The van der Waals surface area contributed by atoms with Gasteiger partial charge in [-0.3, -0.25) is 0 Å². The highest BCUT2D eigenvalue weighted by Crippen LogP contribution is 2.09. The lowest BCUT2D eigenvalue weighted by atomic mass is 10.0. The van der Waals surface area contributed by atoms with Gasteiger partial charge in [-0.05, 0) is 0 Å². The number of nitrogens with two attached hydrogens (primary N) is 2. The third kappa shape index (κ3) is 4.41. The maximum absolute atomic E-state index is 9.10. The molecule has 76 valence electrons. The van der Waals surface area contributed by atoms with Crippen LogP contribution in [-0.4, -0.2) is 47.4 Å². The molecule has 0 aromatic carbocycles. The van der Waals surface area contributed by atoms with Gasteiger partial charge >= 0.3 is 11.9 Å². The zero-order chi connectivity index (χ0) is 10.5. The monoisotopic (exact) mass is 192 g/mol. The number of rotatable bonds is 1. The molecule has 0 saturated carbocycles. The van der Waals surface area contributed by atoms with E-state index in [1.807, 2.05) is 0 Å². The molecular weight excluding hydrogens is 180 g/mol. The predicted octanol–water partition coefficient (Wildman–Crippen LogP) is -2.17. The standard InChI is InChI=1S/C4H10N2O.C2H2O4/c5-1-4(6)2-7-3-4;3-1(4)2(5)6/h1-3,5-6H2;(H,3,4)(H,5,6). The fourth-order valence-electron chi connectivity index (χ4n) is 0.482. The Labute approximate surface area is 74.3 Å². The van der Waals surface area contributed by atoms with E-state index in [2.05, 4.69) is 0 Å². The van der Waals surface area contributed by atoms with Gasteiger partial charge in [-0.15, -0.1) is 0 Å². The zero-order valence-electron chi connectivity index (χ0n) is 6.90. The highest BCUT2D eigenvalue weighted by Gasteiger charge is 2.31. The predicted molar refractivity (Wildman–Crippen MR) is 42.1 cm³/mol.